The standard InChI is InChI=1S/C25H26ClN3O4S/c1-3-4-5-12-29(34(31)32)25(30)19-10-11-22-23(15-19)28(17(2)27-22)16-20-9-8-18(14-21(20)26)24-7-6-13-33-24/h6-11,13-15,34H,3-5,12,16H2,1-2H3. The third-order valence-electron chi connectivity index (χ3n) is 5.78. The first-order chi connectivity index (χ1) is 16.4. The number of carbonyl (C=O) groups is 1. The Morgan fingerprint density at radius 1 is 1.15 bits per heavy atom. The van der Waals surface area contributed by atoms with Gasteiger partial charge >= 0.3 is 0 Å². The highest BCUT2D eigenvalue weighted by Gasteiger charge is 2.20. The molecule has 4 rings (SSSR count). The second-order valence-electron chi connectivity index (χ2n) is 8.11. The predicted octanol–water partition coefficient (Wildman–Crippen LogP) is 5.47. The van der Waals surface area contributed by atoms with E-state index in [4.69, 9.17) is 16.0 Å². The van der Waals surface area contributed by atoms with Crippen molar-refractivity contribution in [1.29, 1.82) is 0 Å². The summed E-state index contributed by atoms with van der Waals surface area (Å²) in [5.74, 6) is 0.974. The van der Waals surface area contributed by atoms with Crippen LogP contribution in [0.25, 0.3) is 22.4 Å². The molecule has 0 atom stereocenters. The van der Waals surface area contributed by atoms with Crippen molar-refractivity contribution in [1.82, 2.24) is 13.9 Å². The summed E-state index contributed by atoms with van der Waals surface area (Å²) in [4.78, 5) is 17.6. The summed E-state index contributed by atoms with van der Waals surface area (Å²) in [6, 6.07) is 14.5. The number of carbonyl (C=O) groups excluding carboxylic acids is 1. The predicted molar refractivity (Wildman–Crippen MR) is 134 cm³/mol. The lowest BCUT2D eigenvalue weighted by Crippen LogP contribution is -2.30. The van der Waals surface area contributed by atoms with Crippen LogP contribution in [0.4, 0.5) is 0 Å². The van der Waals surface area contributed by atoms with Crippen LogP contribution in [0.15, 0.2) is 59.2 Å². The minimum Gasteiger partial charge on any atom is -0.464 e. The van der Waals surface area contributed by atoms with Crippen molar-refractivity contribution in [2.24, 2.45) is 0 Å². The molecule has 7 nitrogen and oxygen atoms in total. The molecule has 1 amide bonds. The van der Waals surface area contributed by atoms with Gasteiger partial charge in [0.15, 0.2) is 0 Å². The van der Waals surface area contributed by atoms with Gasteiger partial charge in [-0.15, -0.1) is 0 Å². The van der Waals surface area contributed by atoms with Crippen LogP contribution in [-0.2, 0) is 17.4 Å². The van der Waals surface area contributed by atoms with E-state index < -0.39 is 16.8 Å². The van der Waals surface area contributed by atoms with Gasteiger partial charge in [-0.25, -0.2) is 17.7 Å². The Morgan fingerprint density at radius 2 is 1.97 bits per heavy atom. The molecule has 0 bridgehead atoms. The summed E-state index contributed by atoms with van der Waals surface area (Å²) in [5, 5.41) is 0.591. The van der Waals surface area contributed by atoms with Crippen molar-refractivity contribution in [2.45, 2.75) is 39.7 Å². The molecule has 178 valence electrons. The van der Waals surface area contributed by atoms with E-state index in [2.05, 4.69) is 4.98 Å². The minimum absolute atomic E-state index is 0.180. The van der Waals surface area contributed by atoms with Crippen molar-refractivity contribution in [3.05, 3.63) is 76.8 Å². The number of benzene rings is 2. The number of aromatic nitrogens is 2. The Bertz CT molecular complexity index is 1380. The number of rotatable bonds is 9. The molecule has 0 N–H and O–H groups in total. The van der Waals surface area contributed by atoms with Crippen LogP contribution in [-0.4, -0.2) is 34.7 Å². The van der Waals surface area contributed by atoms with Crippen molar-refractivity contribution in [3.63, 3.8) is 0 Å². The van der Waals surface area contributed by atoms with Gasteiger partial charge in [-0.2, -0.15) is 0 Å². The largest absolute Gasteiger partial charge is 0.464 e. The van der Waals surface area contributed by atoms with E-state index in [-0.39, 0.29) is 6.54 Å². The fraction of sp³-hybridized carbons (Fsp3) is 0.280. The fourth-order valence-electron chi connectivity index (χ4n) is 3.94. The molecule has 0 fully saturated rings. The Labute approximate surface area is 205 Å². The van der Waals surface area contributed by atoms with E-state index in [0.29, 0.717) is 23.6 Å². The summed E-state index contributed by atoms with van der Waals surface area (Å²) in [6.45, 7) is 4.54. The number of imidazole rings is 1. The first-order valence-corrected chi connectivity index (χ1v) is 12.6. The van der Waals surface area contributed by atoms with E-state index in [1.54, 1.807) is 24.5 Å². The van der Waals surface area contributed by atoms with Gasteiger partial charge in [0.1, 0.15) is 11.6 Å². The number of thiol groups is 1. The lowest BCUT2D eigenvalue weighted by molar-refractivity contribution is 0.0863. The lowest BCUT2D eigenvalue weighted by Gasteiger charge is -2.16. The topological polar surface area (TPSA) is 85.4 Å². The zero-order chi connectivity index (χ0) is 24.2. The zero-order valence-corrected chi connectivity index (χ0v) is 20.7. The van der Waals surface area contributed by atoms with Crippen LogP contribution >= 0.6 is 11.6 Å². The van der Waals surface area contributed by atoms with E-state index in [0.717, 1.165) is 50.9 Å². The third-order valence-corrected chi connectivity index (χ3v) is 6.91. The summed E-state index contributed by atoms with van der Waals surface area (Å²) in [6.07, 6.45) is 4.05. The minimum atomic E-state index is -3.02. The molecule has 0 spiro atoms. The van der Waals surface area contributed by atoms with Gasteiger partial charge in [-0.3, -0.25) is 4.79 Å². The molecule has 0 unspecified atom stereocenters. The highest BCUT2D eigenvalue weighted by Crippen LogP contribution is 2.28. The lowest BCUT2D eigenvalue weighted by atomic mass is 10.1. The fourth-order valence-corrected chi connectivity index (χ4v) is 4.74. The van der Waals surface area contributed by atoms with E-state index in [1.165, 1.54) is 0 Å². The molecule has 0 saturated heterocycles. The molecule has 2 heterocycles. The molecule has 0 radical (unpaired) electrons. The highest BCUT2D eigenvalue weighted by molar-refractivity contribution is 7.70. The number of halogens is 1. The molecule has 2 aromatic heterocycles. The van der Waals surface area contributed by atoms with Crippen LogP contribution < -0.4 is 0 Å². The zero-order valence-electron chi connectivity index (χ0n) is 19.0. The Balaban J connectivity index is 1.65. The van der Waals surface area contributed by atoms with Gasteiger partial charge < -0.3 is 8.98 Å². The number of nitrogens with zero attached hydrogens (tertiary/aromatic N) is 3. The molecule has 4 aromatic rings. The van der Waals surface area contributed by atoms with Crippen molar-refractivity contribution < 1.29 is 17.6 Å². The first kappa shape index (κ1) is 24.0. The van der Waals surface area contributed by atoms with Gasteiger partial charge in [-0.05, 0) is 55.3 Å². The summed E-state index contributed by atoms with van der Waals surface area (Å²) >= 11 is 6.58. The van der Waals surface area contributed by atoms with Gasteiger partial charge in [0.2, 0.25) is 10.9 Å². The average Bonchev–Trinajstić information content (AvgIpc) is 3.45. The maximum atomic E-state index is 13.0. The number of aryl methyl sites for hydroxylation is 1. The Hall–Kier alpha value is -3.10. The molecule has 0 aliphatic carbocycles. The number of hydrogen-bond acceptors (Lipinski definition) is 5. The summed E-state index contributed by atoms with van der Waals surface area (Å²) < 4.78 is 31.8. The first-order valence-electron chi connectivity index (χ1n) is 11.1. The molecule has 34 heavy (non-hydrogen) atoms. The van der Waals surface area contributed by atoms with Crippen LogP contribution in [0.5, 0.6) is 0 Å². The highest BCUT2D eigenvalue weighted by atomic mass is 35.5. The maximum Gasteiger partial charge on any atom is 0.267 e. The quantitative estimate of drug-likeness (QED) is 0.244. The van der Waals surface area contributed by atoms with Crippen LogP contribution in [0.1, 0.15) is 47.9 Å². The summed E-state index contributed by atoms with van der Waals surface area (Å²) in [7, 11) is -3.02. The van der Waals surface area contributed by atoms with Crippen molar-refractivity contribution in [2.75, 3.05) is 6.54 Å². The second-order valence-corrected chi connectivity index (χ2v) is 9.47. The molecule has 0 aliphatic rings. The normalized spacial score (nSPS) is 11.4. The number of hydrogen-bond donors (Lipinski definition) is 1. The second kappa shape index (κ2) is 10.4. The van der Waals surface area contributed by atoms with Gasteiger partial charge in [-0.1, -0.05) is 43.5 Å². The van der Waals surface area contributed by atoms with Crippen LogP contribution in [0.2, 0.25) is 5.02 Å². The smallest absolute Gasteiger partial charge is 0.267 e. The molecule has 9 heteroatoms. The maximum absolute atomic E-state index is 13.0. The Kier molecular flexibility index (Phi) is 7.38. The average molecular weight is 500 g/mol. The third kappa shape index (κ3) is 5.03. The van der Waals surface area contributed by atoms with Crippen molar-refractivity contribution >= 4 is 39.4 Å². The number of unbranched alkanes of at least 4 members (excludes halogenated alkanes) is 2. The van der Waals surface area contributed by atoms with E-state index in [1.807, 2.05) is 48.7 Å². The van der Waals surface area contributed by atoms with Crippen molar-refractivity contribution in [3.8, 4) is 11.3 Å². The molecular formula is C25H26ClN3O4S. The SMILES string of the molecule is CCCCCN(C(=O)c1ccc2nc(C)n(Cc3ccc(-c4ccco4)cc3Cl)c2c1)[SH](=O)=O. The number of furan rings is 1. The van der Waals surface area contributed by atoms with Gasteiger partial charge in [0, 0.05) is 22.7 Å². The van der Waals surface area contributed by atoms with E-state index >= 15 is 0 Å². The van der Waals surface area contributed by atoms with Gasteiger partial charge in [0.05, 0.1) is 23.8 Å². The summed E-state index contributed by atoms with van der Waals surface area (Å²) in [5.41, 5.74) is 3.54. The van der Waals surface area contributed by atoms with Gasteiger partial charge in [0.25, 0.3) is 5.91 Å². The molecule has 2 aromatic carbocycles. The van der Waals surface area contributed by atoms with Crippen LogP contribution in [0, 0.1) is 6.92 Å². The monoisotopic (exact) mass is 499 g/mol. The molecular weight excluding hydrogens is 474 g/mol. The number of fused-ring (bicyclic) bond motifs is 1. The molecule has 0 saturated carbocycles. The Morgan fingerprint density at radius 3 is 2.65 bits per heavy atom. The van der Waals surface area contributed by atoms with Crippen LogP contribution in [0.3, 0.4) is 0 Å². The molecule has 0 aliphatic heterocycles. The number of amides is 1. The van der Waals surface area contributed by atoms with E-state index in [9.17, 15) is 13.2 Å².